The first kappa shape index (κ1) is 12.0. The van der Waals surface area contributed by atoms with E-state index < -0.39 is 0 Å². The summed E-state index contributed by atoms with van der Waals surface area (Å²) >= 11 is 0. The van der Waals surface area contributed by atoms with Gasteiger partial charge in [0.05, 0.1) is 6.04 Å². The Labute approximate surface area is 122 Å². The zero-order valence-corrected chi connectivity index (χ0v) is 11.4. The molecule has 1 aliphatic rings. The molecule has 3 aromatic rings. The summed E-state index contributed by atoms with van der Waals surface area (Å²) in [4.78, 5) is 16.7. The molecule has 4 rings (SSSR count). The highest BCUT2D eigenvalue weighted by atomic mass is 16.2. The molecule has 1 unspecified atom stereocenters. The first-order valence-electron chi connectivity index (χ1n) is 6.95. The molecule has 3 N–H and O–H groups in total. The molecule has 2 heterocycles. The summed E-state index contributed by atoms with van der Waals surface area (Å²) in [6.07, 6.45) is 1.92. The normalized spacial score (nSPS) is 17.1. The summed E-state index contributed by atoms with van der Waals surface area (Å²) in [6, 6.07) is 15.9. The number of hydrogen-bond acceptors (Lipinski definition) is 1. The Morgan fingerprint density at radius 2 is 2.05 bits per heavy atom. The molecule has 0 radical (unpaired) electrons. The SMILES string of the molecule is NC(=O)N1Cc2ccccc2C1c1ccc2[nH]ccc2c1. The van der Waals surface area contributed by atoms with Gasteiger partial charge in [-0.1, -0.05) is 30.3 Å². The van der Waals surface area contributed by atoms with Crippen molar-refractivity contribution in [2.45, 2.75) is 12.6 Å². The quantitative estimate of drug-likeness (QED) is 0.705. The third-order valence-electron chi connectivity index (χ3n) is 4.18. The van der Waals surface area contributed by atoms with Crippen LogP contribution in [0.1, 0.15) is 22.7 Å². The van der Waals surface area contributed by atoms with Gasteiger partial charge in [-0.2, -0.15) is 0 Å². The molecule has 0 saturated heterocycles. The van der Waals surface area contributed by atoms with Gasteiger partial charge in [0.25, 0.3) is 0 Å². The fraction of sp³-hybridized carbons (Fsp3) is 0.118. The number of aromatic nitrogens is 1. The van der Waals surface area contributed by atoms with Crippen LogP contribution in [0.3, 0.4) is 0 Å². The first-order valence-corrected chi connectivity index (χ1v) is 6.95. The number of primary amides is 1. The number of H-pyrrole nitrogens is 1. The van der Waals surface area contributed by atoms with E-state index in [9.17, 15) is 4.79 Å². The maximum absolute atomic E-state index is 11.8. The highest BCUT2D eigenvalue weighted by Gasteiger charge is 2.33. The molecule has 1 atom stereocenters. The van der Waals surface area contributed by atoms with E-state index in [0.717, 1.165) is 27.6 Å². The Hall–Kier alpha value is -2.75. The van der Waals surface area contributed by atoms with Crippen molar-refractivity contribution in [1.82, 2.24) is 9.88 Å². The van der Waals surface area contributed by atoms with E-state index in [1.54, 1.807) is 4.90 Å². The van der Waals surface area contributed by atoms with E-state index in [0.29, 0.717) is 6.54 Å². The van der Waals surface area contributed by atoms with Crippen molar-refractivity contribution in [3.05, 3.63) is 71.4 Å². The minimum Gasteiger partial charge on any atom is -0.361 e. The van der Waals surface area contributed by atoms with Crippen LogP contribution in [0.2, 0.25) is 0 Å². The average molecular weight is 277 g/mol. The zero-order chi connectivity index (χ0) is 14.4. The van der Waals surface area contributed by atoms with Crippen molar-refractivity contribution >= 4 is 16.9 Å². The van der Waals surface area contributed by atoms with Crippen molar-refractivity contribution < 1.29 is 4.79 Å². The first-order chi connectivity index (χ1) is 10.2. The molecule has 0 fully saturated rings. The number of hydrogen-bond donors (Lipinski definition) is 2. The van der Waals surface area contributed by atoms with Gasteiger partial charge in [-0.25, -0.2) is 4.79 Å². The number of carbonyl (C=O) groups excluding carboxylic acids is 1. The van der Waals surface area contributed by atoms with Gasteiger partial charge in [-0.3, -0.25) is 0 Å². The molecule has 0 saturated carbocycles. The molecule has 2 aromatic carbocycles. The molecule has 0 spiro atoms. The summed E-state index contributed by atoms with van der Waals surface area (Å²) in [6.45, 7) is 0.571. The number of nitrogens with two attached hydrogens (primary N) is 1. The fourth-order valence-electron chi connectivity index (χ4n) is 3.19. The fourth-order valence-corrected chi connectivity index (χ4v) is 3.19. The minimum atomic E-state index is -0.384. The van der Waals surface area contributed by atoms with Crippen molar-refractivity contribution in [2.75, 3.05) is 0 Å². The van der Waals surface area contributed by atoms with Gasteiger partial charge in [0, 0.05) is 18.3 Å². The second kappa shape index (κ2) is 4.38. The van der Waals surface area contributed by atoms with Gasteiger partial charge in [-0.15, -0.1) is 0 Å². The topological polar surface area (TPSA) is 62.1 Å². The summed E-state index contributed by atoms with van der Waals surface area (Å²) in [5.74, 6) is 0. The molecule has 0 aliphatic carbocycles. The lowest BCUT2D eigenvalue weighted by Gasteiger charge is -2.24. The third-order valence-corrected chi connectivity index (χ3v) is 4.18. The second-order valence-corrected chi connectivity index (χ2v) is 5.39. The number of urea groups is 1. The van der Waals surface area contributed by atoms with Crippen LogP contribution < -0.4 is 5.73 Å². The maximum Gasteiger partial charge on any atom is 0.315 e. The number of benzene rings is 2. The van der Waals surface area contributed by atoms with Gasteiger partial charge >= 0.3 is 6.03 Å². The number of aromatic amines is 1. The van der Waals surface area contributed by atoms with E-state index in [2.05, 4.69) is 29.2 Å². The molecular formula is C17H15N3O. The lowest BCUT2D eigenvalue weighted by molar-refractivity contribution is 0.199. The zero-order valence-electron chi connectivity index (χ0n) is 11.4. The molecule has 1 aliphatic heterocycles. The van der Waals surface area contributed by atoms with E-state index in [1.807, 2.05) is 30.5 Å². The summed E-state index contributed by atoms with van der Waals surface area (Å²) < 4.78 is 0. The van der Waals surface area contributed by atoms with E-state index >= 15 is 0 Å². The molecule has 0 bridgehead atoms. The van der Waals surface area contributed by atoms with Crippen LogP contribution in [0, 0.1) is 0 Å². The highest BCUT2D eigenvalue weighted by Crippen LogP contribution is 2.38. The van der Waals surface area contributed by atoms with Gasteiger partial charge in [0.15, 0.2) is 0 Å². The van der Waals surface area contributed by atoms with Crippen LogP contribution in [-0.2, 0) is 6.54 Å². The molecule has 2 amide bonds. The standard InChI is InChI=1S/C17H15N3O/c18-17(21)20-10-13-3-1-2-4-14(13)16(20)12-5-6-15-11(9-12)7-8-19-15/h1-9,16,19H,10H2,(H2,18,21). The lowest BCUT2D eigenvalue weighted by Crippen LogP contribution is -2.34. The second-order valence-electron chi connectivity index (χ2n) is 5.39. The van der Waals surface area contributed by atoms with Crippen LogP contribution in [0.4, 0.5) is 4.79 Å². The Bertz CT molecular complexity index is 837. The predicted molar refractivity (Wildman–Crippen MR) is 81.7 cm³/mol. The number of carbonyl (C=O) groups is 1. The van der Waals surface area contributed by atoms with Crippen LogP contribution in [-0.4, -0.2) is 15.9 Å². The number of nitrogens with zero attached hydrogens (tertiary/aromatic N) is 1. The monoisotopic (exact) mass is 277 g/mol. The Morgan fingerprint density at radius 3 is 2.90 bits per heavy atom. The summed E-state index contributed by atoms with van der Waals surface area (Å²) in [5, 5.41) is 1.14. The van der Waals surface area contributed by atoms with E-state index in [1.165, 1.54) is 0 Å². The van der Waals surface area contributed by atoms with E-state index in [4.69, 9.17) is 5.73 Å². The van der Waals surface area contributed by atoms with Crippen molar-refractivity contribution in [2.24, 2.45) is 5.73 Å². The van der Waals surface area contributed by atoms with Gasteiger partial charge in [0.2, 0.25) is 0 Å². The molecule has 1 aromatic heterocycles. The number of rotatable bonds is 1. The third kappa shape index (κ3) is 1.80. The minimum absolute atomic E-state index is 0.0991. The average Bonchev–Trinajstić information content (AvgIpc) is 3.10. The van der Waals surface area contributed by atoms with Gasteiger partial charge in [-0.05, 0) is 40.3 Å². The van der Waals surface area contributed by atoms with Crippen molar-refractivity contribution in [1.29, 1.82) is 0 Å². The maximum atomic E-state index is 11.8. The van der Waals surface area contributed by atoms with Crippen LogP contribution >= 0.6 is 0 Å². The molecule has 21 heavy (non-hydrogen) atoms. The lowest BCUT2D eigenvalue weighted by atomic mass is 9.97. The van der Waals surface area contributed by atoms with Crippen LogP contribution in [0.15, 0.2) is 54.7 Å². The largest absolute Gasteiger partial charge is 0.361 e. The number of nitrogens with one attached hydrogen (secondary N) is 1. The summed E-state index contributed by atoms with van der Waals surface area (Å²) in [5.41, 5.74) is 10.1. The van der Waals surface area contributed by atoms with Gasteiger partial charge < -0.3 is 15.6 Å². The highest BCUT2D eigenvalue weighted by molar-refractivity contribution is 5.81. The predicted octanol–water partition coefficient (Wildman–Crippen LogP) is 3.15. The van der Waals surface area contributed by atoms with Crippen molar-refractivity contribution in [3.8, 4) is 0 Å². The van der Waals surface area contributed by atoms with Crippen molar-refractivity contribution in [3.63, 3.8) is 0 Å². The summed E-state index contributed by atoms with van der Waals surface area (Å²) in [7, 11) is 0. The number of amides is 2. The Kier molecular flexibility index (Phi) is 2.51. The molecule has 4 heteroatoms. The molecule has 4 nitrogen and oxygen atoms in total. The number of fused-ring (bicyclic) bond motifs is 2. The van der Waals surface area contributed by atoms with Crippen LogP contribution in [0.5, 0.6) is 0 Å². The Balaban J connectivity index is 1.88. The Morgan fingerprint density at radius 1 is 1.19 bits per heavy atom. The smallest absolute Gasteiger partial charge is 0.315 e. The van der Waals surface area contributed by atoms with E-state index in [-0.39, 0.29) is 12.1 Å². The molecular weight excluding hydrogens is 262 g/mol. The van der Waals surface area contributed by atoms with Crippen LogP contribution in [0.25, 0.3) is 10.9 Å². The molecule has 104 valence electrons. The van der Waals surface area contributed by atoms with Gasteiger partial charge in [0.1, 0.15) is 0 Å².